The summed E-state index contributed by atoms with van der Waals surface area (Å²) in [5.74, 6) is -48.3. The summed E-state index contributed by atoms with van der Waals surface area (Å²) < 4.78 is 240. The summed E-state index contributed by atoms with van der Waals surface area (Å²) in [6.07, 6.45) is 15.9. The highest BCUT2D eigenvalue weighted by atomic mass is 19.4. The topological polar surface area (TPSA) is 18.5 Å². The lowest BCUT2D eigenvalue weighted by molar-refractivity contribution is -0.461. The van der Waals surface area contributed by atoms with Crippen LogP contribution in [0.25, 0.3) is 0 Å². The highest BCUT2D eigenvalue weighted by Gasteiger charge is 2.95. The third-order valence-electron chi connectivity index (χ3n) is 28.8. The monoisotopic (exact) mass is 1910 g/mol. The van der Waals surface area contributed by atoms with Crippen LogP contribution in [0.4, 0.5) is 74.6 Å². The van der Waals surface area contributed by atoms with Crippen molar-refractivity contribution in [2.75, 3.05) is 6.61 Å². The molecular weight excluding hydrogens is 1720 g/mol. The van der Waals surface area contributed by atoms with Crippen LogP contribution in [0.15, 0.2) is 66.7 Å². The normalized spacial score (nSPS) is 17.1. The largest absolute Gasteiger partial charge is 0.493 e. The summed E-state index contributed by atoms with van der Waals surface area (Å²) in [6.45, 7) is 86.1. The number of hydrogen-bond acceptors (Lipinski definition) is 2. The number of hydrogen-bond donors (Lipinski definition) is 0. The molecule has 0 aromatic heterocycles. The van der Waals surface area contributed by atoms with Gasteiger partial charge in [0.25, 0.3) is 0 Å². The minimum absolute atomic E-state index is 0.136. The molecule has 133 heavy (non-hydrogen) atoms. The molecule has 0 saturated heterocycles. The first kappa shape index (κ1) is 126. The van der Waals surface area contributed by atoms with Crippen LogP contribution in [-0.4, -0.2) is 54.2 Å². The molecule has 768 valence electrons. The van der Waals surface area contributed by atoms with Crippen LogP contribution >= 0.6 is 0 Å². The number of halogens is 17. The Morgan fingerprint density at radius 2 is 0.594 bits per heavy atom. The van der Waals surface area contributed by atoms with Gasteiger partial charge in [-0.15, -0.1) is 0 Å². The summed E-state index contributed by atoms with van der Waals surface area (Å²) in [6, 6.07) is 22.1. The van der Waals surface area contributed by atoms with E-state index >= 15 is 0 Å². The molecule has 5 aromatic carbocycles. The van der Waals surface area contributed by atoms with Crippen molar-refractivity contribution in [3.05, 3.63) is 161 Å². The first-order valence-corrected chi connectivity index (χ1v) is 50.2. The predicted molar refractivity (Wildman–Crippen MR) is 528 cm³/mol. The molecule has 6 rings (SSSR count). The van der Waals surface area contributed by atoms with E-state index in [2.05, 4.69) is 265 Å². The summed E-state index contributed by atoms with van der Waals surface area (Å²) in [5, 5.41) is 0. The maximum atomic E-state index is 14.2. The Labute approximate surface area is 797 Å². The Hall–Kier alpha value is -5.49. The standard InChI is InChI=1S/C22H21F17.C22H38O.C20H40.C20H34.C19H24O.C11H24/c1-10-8-12(14(3,4)5)9-11(2)13(10)6-7-15(23,24)16(25,26)17(27,28)18(29,30)19(31,32)20(33,34)21(35,36)22(37,38)39;1-7-8-9-10-11-12-13-14-15-23-21-18(2)16-20(17-19(21)3)22(4,5)6;2*1-9-14-15(10-2)17(12-4)19(20(6,7)8)18(13-5)16(14)11-3;1-14-11-17(19(3,4)5)12-15(2)18(14)20-13-16-9-7-6-8-10-16;1-7-11(8-2,9-3)10(4,5)6/h8-9H,6-7H2,1-5H3;16-17H,7-15H2,1-6H3;14-19H,9-13H2,1-8H3;9-13H2,1-8H3;6-12H,13H2,1-5H3;7-9H2,1-6H3. The summed E-state index contributed by atoms with van der Waals surface area (Å²) in [7, 11) is 0. The van der Waals surface area contributed by atoms with Crippen LogP contribution in [0.5, 0.6) is 11.5 Å². The second-order valence-electron chi connectivity index (χ2n) is 44.1. The number of ether oxygens (including phenoxy) is 2. The maximum Gasteiger partial charge on any atom is 0.460 e. The number of unbranched alkanes of at least 4 members (excludes halogenated alkanes) is 7. The second kappa shape index (κ2) is 51.1. The Bertz CT molecular complexity index is 4120. The lowest BCUT2D eigenvalue weighted by atomic mass is 9.49. The zero-order valence-corrected chi connectivity index (χ0v) is 89.7. The predicted octanol–water partition coefficient (Wildman–Crippen LogP) is 38.7. The third-order valence-corrected chi connectivity index (χ3v) is 28.8. The third kappa shape index (κ3) is 31.0. The van der Waals surface area contributed by atoms with Gasteiger partial charge in [-0.3, -0.25) is 0 Å². The molecule has 0 N–H and O–H groups in total. The molecule has 5 aromatic rings. The van der Waals surface area contributed by atoms with Crippen molar-refractivity contribution in [3.8, 4) is 11.5 Å². The van der Waals surface area contributed by atoms with Gasteiger partial charge in [0.05, 0.1) is 6.61 Å². The van der Waals surface area contributed by atoms with Gasteiger partial charge >= 0.3 is 47.6 Å². The molecule has 1 aliphatic carbocycles. The first-order chi connectivity index (χ1) is 60.7. The molecule has 0 bridgehead atoms. The SMILES string of the molecule is CCC(CC)(CC)C(C)(C)C.CCC1C(CC)C(CC)C(C(C)(C)C)C(CC)C1CC.CCCCCCCCCCOc1c(C)cc(C(C)(C)C)cc1C.CCc1c(CC)c(CC)c(C(C)(C)C)c(CC)c1CC.Cc1cc(C(C)(C)C)cc(C)c1CCC(F)(F)C(F)(F)C(F)(F)C(F)(F)C(F)(F)C(F)(F)C(F)(F)C(F)(F)F.Cc1cc(C(C)(C)C)cc(C)c1OCc1ccccc1. The highest BCUT2D eigenvalue weighted by Crippen LogP contribution is 2.65. The van der Waals surface area contributed by atoms with E-state index in [1.165, 1.54) is 200 Å². The van der Waals surface area contributed by atoms with Crippen molar-refractivity contribution in [1.29, 1.82) is 0 Å². The maximum absolute atomic E-state index is 14.2. The second-order valence-corrected chi connectivity index (χ2v) is 44.1. The summed E-state index contributed by atoms with van der Waals surface area (Å²) in [5.41, 5.74) is 21.1. The van der Waals surface area contributed by atoms with E-state index in [4.69, 9.17) is 9.47 Å². The smallest absolute Gasteiger partial charge is 0.460 e. The molecule has 19 heteroatoms. The fraction of sp³-hybridized carbons (Fsp3) is 0.737. The summed E-state index contributed by atoms with van der Waals surface area (Å²) in [4.78, 5) is 0. The number of rotatable bonds is 35. The van der Waals surface area contributed by atoms with Crippen molar-refractivity contribution in [2.45, 2.75) is 487 Å². The fourth-order valence-electron chi connectivity index (χ4n) is 21.2. The van der Waals surface area contributed by atoms with Crippen LogP contribution in [0.2, 0.25) is 0 Å². The van der Waals surface area contributed by atoms with Crippen LogP contribution < -0.4 is 9.47 Å². The van der Waals surface area contributed by atoms with E-state index < -0.39 is 65.9 Å². The summed E-state index contributed by atoms with van der Waals surface area (Å²) >= 11 is 0. The molecule has 0 radical (unpaired) electrons. The minimum atomic E-state index is -8.61. The molecule has 1 aliphatic rings. The van der Waals surface area contributed by atoms with Crippen LogP contribution in [-0.2, 0) is 66.8 Å². The van der Waals surface area contributed by atoms with Crippen LogP contribution in [0.1, 0.15) is 425 Å². The minimum Gasteiger partial charge on any atom is -0.493 e. The van der Waals surface area contributed by atoms with Gasteiger partial charge in [0.1, 0.15) is 18.1 Å². The Morgan fingerprint density at radius 3 is 0.872 bits per heavy atom. The molecule has 2 nitrogen and oxygen atoms in total. The Kier molecular flexibility index (Phi) is 48.2. The van der Waals surface area contributed by atoms with Crippen molar-refractivity contribution in [1.82, 2.24) is 0 Å². The van der Waals surface area contributed by atoms with Crippen molar-refractivity contribution < 1.29 is 84.1 Å². The van der Waals surface area contributed by atoms with Gasteiger partial charge in [0.15, 0.2) is 0 Å². The molecule has 1 saturated carbocycles. The van der Waals surface area contributed by atoms with E-state index in [0.717, 1.165) is 53.6 Å². The van der Waals surface area contributed by atoms with Gasteiger partial charge in [-0.05, 0) is 274 Å². The lowest BCUT2D eigenvalue weighted by Gasteiger charge is -2.56. The van der Waals surface area contributed by atoms with E-state index in [0.29, 0.717) is 28.4 Å². The van der Waals surface area contributed by atoms with Crippen LogP contribution in [0, 0.1) is 93.3 Å². The molecule has 4 atom stereocenters. The Balaban J connectivity index is 0.000000828. The number of aryl methyl sites for hydroxylation is 6. The molecular formula is C114H181F17O2. The number of benzene rings is 5. The van der Waals surface area contributed by atoms with Gasteiger partial charge in [0.2, 0.25) is 0 Å². The molecule has 4 unspecified atom stereocenters. The van der Waals surface area contributed by atoms with Gasteiger partial charge in [0, 0.05) is 6.42 Å². The van der Waals surface area contributed by atoms with Crippen molar-refractivity contribution >= 4 is 0 Å². The molecule has 0 aliphatic heterocycles. The van der Waals surface area contributed by atoms with E-state index in [9.17, 15) is 74.6 Å². The van der Waals surface area contributed by atoms with E-state index in [1.54, 1.807) is 54.2 Å². The highest BCUT2D eigenvalue weighted by molar-refractivity contribution is 5.55. The van der Waals surface area contributed by atoms with Gasteiger partial charge in [-0.1, -0.05) is 365 Å². The quantitative estimate of drug-likeness (QED) is 0.0297. The van der Waals surface area contributed by atoms with Crippen LogP contribution in [0.3, 0.4) is 0 Å². The average Bonchev–Trinajstić information content (AvgIpc) is 0.693. The first-order valence-electron chi connectivity index (χ1n) is 50.2. The lowest BCUT2D eigenvalue weighted by Crippen LogP contribution is -2.74. The Morgan fingerprint density at radius 1 is 0.301 bits per heavy atom. The molecule has 0 amide bonds. The van der Waals surface area contributed by atoms with Crippen molar-refractivity contribution in [3.63, 3.8) is 0 Å². The van der Waals surface area contributed by atoms with Crippen molar-refractivity contribution in [2.24, 2.45) is 51.8 Å². The molecule has 1 fully saturated rings. The zero-order valence-electron chi connectivity index (χ0n) is 89.7. The average molecular weight is 1910 g/mol. The zero-order chi connectivity index (χ0) is 104. The van der Waals surface area contributed by atoms with Gasteiger partial charge < -0.3 is 9.47 Å². The van der Waals surface area contributed by atoms with Gasteiger partial charge in [-0.2, -0.15) is 74.6 Å². The van der Waals surface area contributed by atoms with Gasteiger partial charge in [-0.25, -0.2) is 0 Å². The molecule has 0 spiro atoms. The van der Waals surface area contributed by atoms with E-state index in [1.807, 2.05) is 18.2 Å². The van der Waals surface area contributed by atoms with E-state index in [-0.39, 0.29) is 32.9 Å². The number of alkyl halides is 17. The molecule has 0 heterocycles. The fourth-order valence-corrected chi connectivity index (χ4v) is 21.2.